The Hall–Kier alpha value is -0.970. The summed E-state index contributed by atoms with van der Waals surface area (Å²) >= 11 is 0. The fraction of sp³-hybridized carbons (Fsp3) is 0.667. The predicted octanol–water partition coefficient (Wildman–Crippen LogP) is 1.65. The van der Waals surface area contributed by atoms with Crippen molar-refractivity contribution >= 4 is 0 Å². The van der Waals surface area contributed by atoms with Gasteiger partial charge in [-0.05, 0) is 6.42 Å². The highest BCUT2D eigenvalue weighted by Gasteiger charge is 2.04. The van der Waals surface area contributed by atoms with Gasteiger partial charge in [0.1, 0.15) is 5.82 Å². The lowest BCUT2D eigenvalue weighted by Gasteiger charge is -2.06. The predicted molar refractivity (Wildman–Crippen MR) is 50.2 cm³/mol. The van der Waals surface area contributed by atoms with Crippen molar-refractivity contribution in [1.29, 1.82) is 0 Å². The summed E-state index contributed by atoms with van der Waals surface area (Å²) in [5.74, 6) is 0.813. The van der Waals surface area contributed by atoms with Crippen molar-refractivity contribution in [2.45, 2.75) is 32.9 Å². The average molecular weight is 203 g/mol. The highest BCUT2D eigenvalue weighted by Crippen LogP contribution is 1.99. The normalized spacial score (nSPS) is 11.1. The summed E-state index contributed by atoms with van der Waals surface area (Å²) in [7, 11) is 0. The van der Waals surface area contributed by atoms with E-state index in [1.807, 2.05) is 10.8 Å². The third kappa shape index (κ3) is 3.41. The Labute approximate surface area is 82.1 Å². The highest BCUT2D eigenvalue weighted by atomic mass is 19.3. The quantitative estimate of drug-likeness (QED) is 0.761. The molecule has 0 aliphatic rings. The van der Waals surface area contributed by atoms with E-state index in [1.165, 1.54) is 0 Å². The number of imidazole rings is 1. The second kappa shape index (κ2) is 5.70. The number of nitrogens with one attached hydrogen (secondary N) is 1. The minimum Gasteiger partial charge on any atom is -0.334 e. The third-order valence-corrected chi connectivity index (χ3v) is 1.85. The molecule has 1 heterocycles. The van der Waals surface area contributed by atoms with Crippen LogP contribution in [0.3, 0.4) is 0 Å². The second-order valence-electron chi connectivity index (χ2n) is 3.06. The van der Waals surface area contributed by atoms with Crippen LogP contribution in [-0.2, 0) is 13.1 Å². The Bertz CT molecular complexity index is 260. The van der Waals surface area contributed by atoms with Crippen molar-refractivity contribution in [3.8, 4) is 0 Å². The summed E-state index contributed by atoms with van der Waals surface area (Å²) in [5.41, 5.74) is 0. The summed E-state index contributed by atoms with van der Waals surface area (Å²) in [4.78, 5) is 4.09. The molecule has 1 aromatic rings. The van der Waals surface area contributed by atoms with Gasteiger partial charge in [0.05, 0.1) is 13.1 Å². The molecule has 0 bridgehead atoms. The van der Waals surface area contributed by atoms with E-state index < -0.39 is 6.43 Å². The monoisotopic (exact) mass is 203 g/mol. The number of nitrogens with zero attached hydrogens (tertiary/aromatic N) is 2. The molecule has 0 spiro atoms. The molecule has 14 heavy (non-hydrogen) atoms. The molecule has 0 unspecified atom stereocenters. The van der Waals surface area contributed by atoms with E-state index in [2.05, 4.69) is 17.2 Å². The first-order chi connectivity index (χ1) is 6.74. The lowest BCUT2D eigenvalue weighted by atomic mass is 10.4. The second-order valence-corrected chi connectivity index (χ2v) is 3.06. The van der Waals surface area contributed by atoms with Crippen LogP contribution in [0.15, 0.2) is 12.4 Å². The molecule has 0 amide bonds. The topological polar surface area (TPSA) is 29.9 Å². The van der Waals surface area contributed by atoms with Crippen molar-refractivity contribution in [3.63, 3.8) is 0 Å². The summed E-state index contributed by atoms with van der Waals surface area (Å²) in [5, 5.41) is 2.65. The maximum absolute atomic E-state index is 11.8. The van der Waals surface area contributed by atoms with Gasteiger partial charge in [-0.25, -0.2) is 13.8 Å². The zero-order valence-electron chi connectivity index (χ0n) is 8.21. The van der Waals surface area contributed by atoms with Crippen LogP contribution in [0.5, 0.6) is 0 Å². The molecule has 0 aliphatic heterocycles. The maximum Gasteiger partial charge on any atom is 0.250 e. The average Bonchev–Trinajstić information content (AvgIpc) is 2.53. The van der Waals surface area contributed by atoms with Crippen LogP contribution < -0.4 is 5.32 Å². The molecular formula is C9H15F2N3. The Morgan fingerprint density at radius 2 is 2.36 bits per heavy atom. The SMILES string of the molecule is CCCn1ccnc1CNCC(F)F. The van der Waals surface area contributed by atoms with Gasteiger partial charge < -0.3 is 9.88 Å². The summed E-state index contributed by atoms with van der Waals surface area (Å²) in [6.07, 6.45) is 2.26. The van der Waals surface area contributed by atoms with Crippen LogP contribution in [0, 0.1) is 0 Å². The molecule has 0 saturated heterocycles. The number of halogens is 2. The van der Waals surface area contributed by atoms with E-state index in [9.17, 15) is 8.78 Å². The molecule has 1 aromatic heterocycles. The fourth-order valence-electron chi connectivity index (χ4n) is 1.24. The largest absolute Gasteiger partial charge is 0.334 e. The standard InChI is InChI=1S/C9H15F2N3/c1-2-4-14-5-3-13-9(14)7-12-6-8(10)11/h3,5,8,12H,2,4,6-7H2,1H3. The Morgan fingerprint density at radius 3 is 3.00 bits per heavy atom. The number of rotatable bonds is 6. The lowest BCUT2D eigenvalue weighted by molar-refractivity contribution is 0.145. The van der Waals surface area contributed by atoms with Gasteiger partial charge in [-0.1, -0.05) is 6.92 Å². The van der Waals surface area contributed by atoms with E-state index in [0.29, 0.717) is 6.54 Å². The molecule has 0 aliphatic carbocycles. The highest BCUT2D eigenvalue weighted by molar-refractivity contribution is 4.91. The molecule has 1 rings (SSSR count). The first-order valence-electron chi connectivity index (χ1n) is 4.73. The molecule has 0 saturated carbocycles. The van der Waals surface area contributed by atoms with Crippen molar-refractivity contribution in [1.82, 2.24) is 14.9 Å². The van der Waals surface area contributed by atoms with Gasteiger partial charge in [-0.15, -0.1) is 0 Å². The molecule has 0 atom stereocenters. The van der Waals surface area contributed by atoms with Crippen molar-refractivity contribution < 1.29 is 8.78 Å². The molecule has 3 nitrogen and oxygen atoms in total. The lowest BCUT2D eigenvalue weighted by Crippen LogP contribution is -2.22. The minimum atomic E-state index is -2.30. The van der Waals surface area contributed by atoms with Gasteiger partial charge in [-0.2, -0.15) is 0 Å². The minimum absolute atomic E-state index is 0.279. The number of aromatic nitrogens is 2. The fourth-order valence-corrected chi connectivity index (χ4v) is 1.24. The zero-order chi connectivity index (χ0) is 10.4. The van der Waals surface area contributed by atoms with Crippen molar-refractivity contribution in [2.24, 2.45) is 0 Å². The van der Waals surface area contributed by atoms with E-state index in [-0.39, 0.29) is 6.54 Å². The molecule has 0 radical (unpaired) electrons. The van der Waals surface area contributed by atoms with Gasteiger partial charge in [0.2, 0.25) is 0 Å². The van der Waals surface area contributed by atoms with Crippen LogP contribution in [-0.4, -0.2) is 22.5 Å². The molecular weight excluding hydrogens is 188 g/mol. The molecule has 5 heteroatoms. The van der Waals surface area contributed by atoms with E-state index >= 15 is 0 Å². The maximum atomic E-state index is 11.8. The van der Waals surface area contributed by atoms with Gasteiger partial charge in [0.25, 0.3) is 6.43 Å². The number of hydrogen-bond donors (Lipinski definition) is 1. The van der Waals surface area contributed by atoms with Crippen LogP contribution in [0.25, 0.3) is 0 Å². The van der Waals surface area contributed by atoms with Crippen LogP contribution in [0.4, 0.5) is 8.78 Å². The Morgan fingerprint density at radius 1 is 1.57 bits per heavy atom. The van der Waals surface area contributed by atoms with Crippen molar-refractivity contribution in [3.05, 3.63) is 18.2 Å². The van der Waals surface area contributed by atoms with Gasteiger partial charge in [0.15, 0.2) is 0 Å². The van der Waals surface area contributed by atoms with E-state index in [4.69, 9.17) is 0 Å². The summed E-state index contributed by atoms with van der Waals surface area (Å²) in [6, 6.07) is 0. The summed E-state index contributed by atoms with van der Waals surface area (Å²) in [6.45, 7) is 3.07. The van der Waals surface area contributed by atoms with E-state index in [1.54, 1.807) is 6.20 Å². The van der Waals surface area contributed by atoms with Gasteiger partial charge >= 0.3 is 0 Å². The van der Waals surface area contributed by atoms with Crippen molar-refractivity contribution in [2.75, 3.05) is 6.54 Å². The van der Waals surface area contributed by atoms with Gasteiger partial charge in [-0.3, -0.25) is 0 Å². The zero-order valence-corrected chi connectivity index (χ0v) is 8.21. The number of aryl methyl sites for hydroxylation is 1. The van der Waals surface area contributed by atoms with Crippen LogP contribution in [0.2, 0.25) is 0 Å². The van der Waals surface area contributed by atoms with Crippen LogP contribution >= 0.6 is 0 Å². The third-order valence-electron chi connectivity index (χ3n) is 1.85. The van der Waals surface area contributed by atoms with Gasteiger partial charge in [0, 0.05) is 18.9 Å². The Balaban J connectivity index is 2.37. The molecule has 0 fully saturated rings. The van der Waals surface area contributed by atoms with Crippen LogP contribution in [0.1, 0.15) is 19.2 Å². The number of hydrogen-bond acceptors (Lipinski definition) is 2. The van der Waals surface area contributed by atoms with E-state index in [0.717, 1.165) is 18.8 Å². The first kappa shape index (κ1) is 11.1. The first-order valence-corrected chi connectivity index (χ1v) is 4.73. The number of alkyl halides is 2. The molecule has 80 valence electrons. The molecule has 1 N–H and O–H groups in total. The Kier molecular flexibility index (Phi) is 4.52. The smallest absolute Gasteiger partial charge is 0.250 e. The molecule has 0 aromatic carbocycles. The summed E-state index contributed by atoms with van der Waals surface area (Å²) < 4.78 is 25.6.